The summed E-state index contributed by atoms with van der Waals surface area (Å²) in [6.45, 7) is 5.49. The molecule has 1 fully saturated rings. The van der Waals surface area contributed by atoms with Crippen molar-refractivity contribution in [1.29, 1.82) is 0 Å². The van der Waals surface area contributed by atoms with Gasteiger partial charge in [-0.25, -0.2) is 9.18 Å². The summed E-state index contributed by atoms with van der Waals surface area (Å²) in [4.78, 5) is 16.3. The molecule has 4 aromatic rings. The number of aromatic carboxylic acids is 1. The van der Waals surface area contributed by atoms with Gasteiger partial charge in [-0.15, -0.1) is 0 Å². The van der Waals surface area contributed by atoms with Gasteiger partial charge in [0.25, 0.3) is 0 Å². The third-order valence-electron chi connectivity index (χ3n) is 8.57. The first kappa shape index (κ1) is 26.4. The van der Waals surface area contributed by atoms with Crippen LogP contribution in [-0.2, 0) is 13.2 Å². The number of aromatic nitrogens is 2. The monoisotopic (exact) mass is 541 g/mol. The van der Waals surface area contributed by atoms with Crippen LogP contribution in [0, 0.1) is 5.92 Å². The molecule has 1 aliphatic heterocycles. The molecular formula is C33H36FN3O3. The molecule has 2 aliphatic rings. The number of rotatable bonds is 6. The van der Waals surface area contributed by atoms with Crippen molar-refractivity contribution >= 4 is 22.6 Å². The minimum absolute atomic E-state index is 0.199. The van der Waals surface area contributed by atoms with E-state index in [9.17, 15) is 9.90 Å². The highest BCUT2D eigenvalue weighted by Crippen LogP contribution is 2.48. The van der Waals surface area contributed by atoms with Crippen LogP contribution in [0.5, 0.6) is 5.75 Å². The predicted octanol–water partition coefficient (Wildman–Crippen LogP) is 7.82. The molecule has 6 nitrogen and oxygen atoms in total. The van der Waals surface area contributed by atoms with Crippen LogP contribution in [0.4, 0.5) is 10.1 Å². The molecule has 2 unspecified atom stereocenters. The molecule has 2 N–H and O–H groups in total. The highest BCUT2D eigenvalue weighted by atomic mass is 19.1. The lowest BCUT2D eigenvalue weighted by Gasteiger charge is -2.31. The Morgan fingerprint density at radius 1 is 1.12 bits per heavy atom. The van der Waals surface area contributed by atoms with E-state index in [1.54, 1.807) is 18.3 Å². The lowest BCUT2D eigenvalue weighted by molar-refractivity contribution is 0.0697. The van der Waals surface area contributed by atoms with Gasteiger partial charge >= 0.3 is 5.97 Å². The molecule has 1 aliphatic carbocycles. The normalized spacial score (nSPS) is 20.8. The Morgan fingerprint density at radius 2 is 1.98 bits per heavy atom. The second kappa shape index (κ2) is 11.0. The molecule has 0 radical (unpaired) electrons. The summed E-state index contributed by atoms with van der Waals surface area (Å²) in [6, 6.07) is 17.4. The van der Waals surface area contributed by atoms with E-state index in [2.05, 4.69) is 34.8 Å². The highest BCUT2D eigenvalue weighted by Gasteiger charge is 2.34. The fourth-order valence-corrected chi connectivity index (χ4v) is 6.44. The Kier molecular flexibility index (Phi) is 7.22. The van der Waals surface area contributed by atoms with Gasteiger partial charge in [0, 0.05) is 52.9 Å². The van der Waals surface area contributed by atoms with Crippen LogP contribution in [0.2, 0.25) is 0 Å². The largest absolute Gasteiger partial charge is 0.487 e. The van der Waals surface area contributed by atoms with Gasteiger partial charge in [0.05, 0.1) is 17.0 Å². The number of halogens is 1. The Hall–Kier alpha value is -3.87. The number of benzene rings is 2. The number of carboxylic acid groups (broad SMARTS) is 1. The van der Waals surface area contributed by atoms with Crippen molar-refractivity contribution in [2.75, 3.05) is 5.32 Å². The molecule has 208 valence electrons. The van der Waals surface area contributed by atoms with Crippen LogP contribution < -0.4 is 10.1 Å². The van der Waals surface area contributed by atoms with Gasteiger partial charge in [-0.2, -0.15) is 0 Å². The third-order valence-corrected chi connectivity index (χ3v) is 8.57. The van der Waals surface area contributed by atoms with Crippen LogP contribution in [0.3, 0.4) is 0 Å². The topological polar surface area (TPSA) is 76.4 Å². The minimum Gasteiger partial charge on any atom is -0.487 e. The number of fused-ring (bicyclic) bond motifs is 5. The average molecular weight is 542 g/mol. The van der Waals surface area contributed by atoms with E-state index in [1.165, 1.54) is 0 Å². The number of pyridine rings is 1. The van der Waals surface area contributed by atoms with E-state index in [0.717, 1.165) is 70.5 Å². The zero-order chi connectivity index (χ0) is 27.8. The maximum atomic E-state index is 15.6. The quantitative estimate of drug-likeness (QED) is 0.260. The smallest absolute Gasteiger partial charge is 0.335 e. The van der Waals surface area contributed by atoms with Gasteiger partial charge in [0.2, 0.25) is 0 Å². The van der Waals surface area contributed by atoms with Crippen molar-refractivity contribution in [2.24, 2.45) is 5.92 Å². The molecule has 40 heavy (non-hydrogen) atoms. The summed E-state index contributed by atoms with van der Waals surface area (Å²) in [5, 5.41) is 14.5. The van der Waals surface area contributed by atoms with Gasteiger partial charge in [0.1, 0.15) is 18.5 Å². The van der Waals surface area contributed by atoms with E-state index in [0.29, 0.717) is 25.5 Å². The van der Waals surface area contributed by atoms with E-state index in [-0.39, 0.29) is 17.5 Å². The average Bonchev–Trinajstić information content (AvgIpc) is 3.26. The Labute approximate surface area is 234 Å². The molecule has 3 heterocycles. The van der Waals surface area contributed by atoms with Crippen molar-refractivity contribution in [2.45, 2.75) is 77.2 Å². The van der Waals surface area contributed by atoms with Crippen LogP contribution in [-0.4, -0.2) is 32.8 Å². The zero-order valence-electron chi connectivity index (χ0n) is 23.1. The molecule has 2 aromatic heterocycles. The number of alkyl halides is 1. The summed E-state index contributed by atoms with van der Waals surface area (Å²) in [5.74, 6) is -0.0746. The number of anilines is 1. The van der Waals surface area contributed by atoms with E-state index < -0.39 is 12.1 Å². The number of ether oxygens (including phenoxy) is 1. The molecule has 1 saturated carbocycles. The van der Waals surface area contributed by atoms with Gasteiger partial charge in [-0.05, 0) is 67.1 Å². The molecule has 0 amide bonds. The predicted molar refractivity (Wildman–Crippen MR) is 156 cm³/mol. The van der Waals surface area contributed by atoms with Crippen LogP contribution in [0.25, 0.3) is 22.2 Å². The lowest BCUT2D eigenvalue weighted by Crippen LogP contribution is -2.29. The van der Waals surface area contributed by atoms with Gasteiger partial charge < -0.3 is 19.7 Å². The highest BCUT2D eigenvalue weighted by molar-refractivity contribution is 5.99. The number of nitrogens with zero attached hydrogens (tertiary/aromatic N) is 2. The number of carboxylic acids is 1. The molecule has 0 saturated heterocycles. The number of hydrogen-bond donors (Lipinski definition) is 2. The van der Waals surface area contributed by atoms with Crippen LogP contribution >= 0.6 is 0 Å². The number of aryl methyl sites for hydroxylation is 1. The molecule has 0 spiro atoms. The van der Waals surface area contributed by atoms with E-state index in [1.807, 2.05) is 36.4 Å². The van der Waals surface area contributed by atoms with Crippen LogP contribution in [0.1, 0.15) is 73.5 Å². The van der Waals surface area contributed by atoms with Crippen molar-refractivity contribution in [3.05, 3.63) is 77.6 Å². The Balaban J connectivity index is 1.53. The van der Waals surface area contributed by atoms with Crippen molar-refractivity contribution in [1.82, 2.24) is 9.55 Å². The first-order valence-corrected chi connectivity index (χ1v) is 14.4. The van der Waals surface area contributed by atoms with Gasteiger partial charge in [0.15, 0.2) is 0 Å². The fraction of sp³-hybridized carbons (Fsp3) is 0.394. The minimum atomic E-state index is -0.956. The standard InChI is InChI=1S/C33H36FN3O3/c1-20(2)28-14-16-37-30-17-21(33(38)39)10-12-26(30)31(24-8-3-4-9-27(24)34)32(37)25-13-11-23(18-29(25)36-28)40-19-22-7-5-6-15-35-22/h5-7,10-13,15,17-18,20,24,27-28,36H,3-4,8-9,14,16,19H2,1-2H3,(H,38,39)/t24?,27-,28?/m0/s1. The SMILES string of the molecule is CC(C)C1CCn2c(c(C3CCCC[C@@H]3F)c3ccc(C(=O)O)cc32)-c2ccc(OCc3ccccn3)cc2N1. The van der Waals surface area contributed by atoms with Crippen molar-refractivity contribution < 1.29 is 19.0 Å². The molecular weight excluding hydrogens is 505 g/mol. The second-order valence-electron chi connectivity index (χ2n) is 11.5. The third kappa shape index (κ3) is 4.93. The maximum absolute atomic E-state index is 15.6. The molecule has 7 heteroatoms. The van der Waals surface area contributed by atoms with Crippen molar-refractivity contribution in [3.63, 3.8) is 0 Å². The first-order chi connectivity index (χ1) is 19.4. The number of carbonyl (C=O) groups is 1. The Morgan fingerprint density at radius 3 is 2.73 bits per heavy atom. The van der Waals surface area contributed by atoms with Gasteiger partial charge in [-0.3, -0.25) is 4.98 Å². The Bertz CT molecular complexity index is 1530. The summed E-state index contributed by atoms with van der Waals surface area (Å²) < 4.78 is 24.0. The number of nitrogens with one attached hydrogen (secondary N) is 1. The second-order valence-corrected chi connectivity index (χ2v) is 11.5. The molecule has 3 atom stereocenters. The summed E-state index contributed by atoms with van der Waals surface area (Å²) in [6.07, 6.45) is 4.93. The van der Waals surface area contributed by atoms with Gasteiger partial charge in [-0.1, -0.05) is 38.8 Å². The lowest BCUT2D eigenvalue weighted by atomic mass is 9.80. The first-order valence-electron chi connectivity index (χ1n) is 14.4. The van der Waals surface area contributed by atoms with E-state index >= 15 is 4.39 Å². The molecule has 2 aromatic carbocycles. The summed E-state index contributed by atoms with van der Waals surface area (Å²) in [5.41, 5.74) is 5.92. The van der Waals surface area contributed by atoms with Crippen LogP contribution in [0.15, 0.2) is 60.8 Å². The van der Waals surface area contributed by atoms with E-state index in [4.69, 9.17) is 4.74 Å². The summed E-state index contributed by atoms with van der Waals surface area (Å²) in [7, 11) is 0. The van der Waals surface area contributed by atoms with Crippen molar-refractivity contribution in [3.8, 4) is 17.0 Å². The number of hydrogen-bond acceptors (Lipinski definition) is 4. The zero-order valence-corrected chi connectivity index (χ0v) is 23.1. The summed E-state index contributed by atoms with van der Waals surface area (Å²) >= 11 is 0. The molecule has 0 bridgehead atoms. The molecule has 6 rings (SSSR count). The maximum Gasteiger partial charge on any atom is 0.335 e. The fourth-order valence-electron chi connectivity index (χ4n) is 6.44.